The maximum atomic E-state index is 13.1. The second-order valence-electron chi connectivity index (χ2n) is 5.67. The maximum absolute atomic E-state index is 13.1. The highest BCUT2D eigenvalue weighted by atomic mass is 32.2. The van der Waals surface area contributed by atoms with Crippen LogP contribution in [-0.2, 0) is 10.0 Å². The van der Waals surface area contributed by atoms with Crippen molar-refractivity contribution in [3.63, 3.8) is 0 Å². The van der Waals surface area contributed by atoms with Crippen molar-refractivity contribution in [1.82, 2.24) is 4.31 Å². The lowest BCUT2D eigenvalue weighted by Gasteiger charge is -2.33. The minimum atomic E-state index is -3.56. The van der Waals surface area contributed by atoms with Crippen LogP contribution in [0.1, 0.15) is 26.7 Å². The molecule has 0 saturated carbocycles. The number of benzene rings is 1. The van der Waals surface area contributed by atoms with Gasteiger partial charge in [-0.25, -0.2) is 12.8 Å². The zero-order valence-electron chi connectivity index (χ0n) is 11.8. The lowest BCUT2D eigenvalue weighted by molar-refractivity contribution is 0.226. The summed E-state index contributed by atoms with van der Waals surface area (Å²) in [4.78, 5) is 0.0689. The number of anilines is 1. The zero-order chi connectivity index (χ0) is 14.9. The molecule has 0 amide bonds. The highest BCUT2D eigenvalue weighted by molar-refractivity contribution is 7.89. The third-order valence-corrected chi connectivity index (χ3v) is 5.94. The van der Waals surface area contributed by atoms with Gasteiger partial charge in [-0.3, -0.25) is 0 Å². The molecule has 0 aliphatic carbocycles. The molecule has 1 aliphatic rings. The topological polar surface area (TPSA) is 63.4 Å². The number of halogens is 1. The summed E-state index contributed by atoms with van der Waals surface area (Å²) in [6.45, 7) is 5.36. The molecule has 0 atom stereocenters. The minimum absolute atomic E-state index is 0.0689. The molecule has 6 heteroatoms. The first-order valence-corrected chi connectivity index (χ1v) is 8.31. The predicted molar refractivity (Wildman–Crippen MR) is 77.1 cm³/mol. The van der Waals surface area contributed by atoms with E-state index in [2.05, 4.69) is 13.8 Å². The molecule has 1 aromatic rings. The van der Waals surface area contributed by atoms with Gasteiger partial charge in [0, 0.05) is 13.1 Å². The number of hydrogen-bond acceptors (Lipinski definition) is 3. The van der Waals surface area contributed by atoms with Crippen molar-refractivity contribution in [1.29, 1.82) is 0 Å². The maximum Gasteiger partial charge on any atom is 0.243 e. The lowest BCUT2D eigenvalue weighted by atomic mass is 9.87. The van der Waals surface area contributed by atoms with E-state index in [0.717, 1.165) is 18.9 Å². The van der Waals surface area contributed by atoms with Crippen molar-refractivity contribution < 1.29 is 12.8 Å². The van der Waals surface area contributed by atoms with E-state index in [9.17, 15) is 12.8 Å². The Kier molecular flexibility index (Phi) is 4.34. The molecule has 4 nitrogen and oxygen atoms in total. The molecule has 1 heterocycles. The Labute approximate surface area is 119 Å². The van der Waals surface area contributed by atoms with Crippen LogP contribution in [0.25, 0.3) is 0 Å². The molecule has 2 N–H and O–H groups in total. The summed E-state index contributed by atoms with van der Waals surface area (Å²) in [7, 11) is -3.56. The summed E-state index contributed by atoms with van der Waals surface area (Å²) < 4.78 is 39.6. The molecule has 0 spiro atoms. The molecule has 2 rings (SSSR count). The molecule has 0 aromatic heterocycles. The average molecular weight is 300 g/mol. The summed E-state index contributed by atoms with van der Waals surface area (Å²) in [5.74, 6) is 0.545. The van der Waals surface area contributed by atoms with Gasteiger partial charge in [0.2, 0.25) is 10.0 Å². The van der Waals surface area contributed by atoms with Gasteiger partial charge in [-0.05, 0) is 42.9 Å². The number of nitrogen functional groups attached to an aromatic ring is 1. The lowest BCUT2D eigenvalue weighted by Crippen LogP contribution is -2.39. The van der Waals surface area contributed by atoms with E-state index in [-0.39, 0.29) is 10.6 Å². The largest absolute Gasteiger partial charge is 0.396 e. The number of piperidine rings is 1. The van der Waals surface area contributed by atoms with E-state index in [1.165, 1.54) is 16.4 Å². The number of nitrogens with zero attached hydrogens (tertiary/aromatic N) is 1. The van der Waals surface area contributed by atoms with Gasteiger partial charge in [0.25, 0.3) is 0 Å². The molecule has 112 valence electrons. The van der Waals surface area contributed by atoms with Crippen molar-refractivity contribution in [2.75, 3.05) is 18.8 Å². The third kappa shape index (κ3) is 2.96. The Hall–Kier alpha value is -1.14. The molecule has 1 aromatic carbocycles. The van der Waals surface area contributed by atoms with Gasteiger partial charge in [0.05, 0.1) is 10.6 Å². The molecule has 0 radical (unpaired) electrons. The van der Waals surface area contributed by atoms with Crippen LogP contribution in [0.3, 0.4) is 0 Å². The SMILES string of the molecule is CC(C)C1CCN(S(=O)(=O)c2ccc(F)c(N)c2)CC1. The molecular weight excluding hydrogens is 279 g/mol. The van der Waals surface area contributed by atoms with E-state index in [1.54, 1.807) is 0 Å². The highest BCUT2D eigenvalue weighted by Crippen LogP contribution is 2.28. The van der Waals surface area contributed by atoms with E-state index in [0.29, 0.717) is 24.9 Å². The van der Waals surface area contributed by atoms with Crippen LogP contribution in [-0.4, -0.2) is 25.8 Å². The predicted octanol–water partition coefficient (Wildman–Crippen LogP) is 2.46. The van der Waals surface area contributed by atoms with Crippen molar-refractivity contribution in [2.24, 2.45) is 11.8 Å². The molecule has 1 saturated heterocycles. The first-order chi connectivity index (χ1) is 9.32. The number of nitrogens with two attached hydrogens (primary N) is 1. The van der Waals surface area contributed by atoms with E-state index >= 15 is 0 Å². The Morgan fingerprint density at radius 1 is 1.30 bits per heavy atom. The van der Waals surface area contributed by atoms with Gasteiger partial charge >= 0.3 is 0 Å². The highest BCUT2D eigenvalue weighted by Gasteiger charge is 2.30. The van der Waals surface area contributed by atoms with Crippen LogP contribution in [0.5, 0.6) is 0 Å². The number of rotatable bonds is 3. The summed E-state index contributed by atoms with van der Waals surface area (Å²) in [5, 5.41) is 0. The van der Waals surface area contributed by atoms with Crippen LogP contribution in [0.15, 0.2) is 23.1 Å². The molecule has 0 unspecified atom stereocenters. The Morgan fingerprint density at radius 2 is 1.90 bits per heavy atom. The van der Waals surface area contributed by atoms with E-state index in [4.69, 9.17) is 5.73 Å². The first kappa shape index (κ1) is 15.3. The van der Waals surface area contributed by atoms with Crippen LogP contribution in [0, 0.1) is 17.7 Å². The third-order valence-electron chi connectivity index (χ3n) is 4.05. The van der Waals surface area contributed by atoms with E-state index in [1.807, 2.05) is 0 Å². The monoisotopic (exact) mass is 300 g/mol. The first-order valence-electron chi connectivity index (χ1n) is 6.87. The fraction of sp³-hybridized carbons (Fsp3) is 0.571. The molecule has 1 aliphatic heterocycles. The van der Waals surface area contributed by atoms with Crippen LogP contribution < -0.4 is 5.73 Å². The standard InChI is InChI=1S/C14H21FN2O2S/c1-10(2)11-5-7-17(8-6-11)20(18,19)12-3-4-13(15)14(16)9-12/h3-4,9-11H,5-8,16H2,1-2H3. The zero-order valence-corrected chi connectivity index (χ0v) is 12.7. The number of hydrogen-bond donors (Lipinski definition) is 1. The second-order valence-corrected chi connectivity index (χ2v) is 7.61. The second kappa shape index (κ2) is 5.69. The van der Waals surface area contributed by atoms with Gasteiger partial charge < -0.3 is 5.73 Å². The number of sulfonamides is 1. The fourth-order valence-electron chi connectivity index (χ4n) is 2.61. The summed E-state index contributed by atoms with van der Waals surface area (Å²) >= 11 is 0. The Bertz CT molecular complexity index is 579. The summed E-state index contributed by atoms with van der Waals surface area (Å²) in [5.41, 5.74) is 5.31. The van der Waals surface area contributed by atoms with E-state index < -0.39 is 15.8 Å². The summed E-state index contributed by atoms with van der Waals surface area (Å²) in [6, 6.07) is 3.57. The summed E-state index contributed by atoms with van der Waals surface area (Å²) in [6.07, 6.45) is 1.74. The van der Waals surface area contributed by atoms with Crippen molar-refractivity contribution >= 4 is 15.7 Å². The van der Waals surface area contributed by atoms with Crippen molar-refractivity contribution in [2.45, 2.75) is 31.6 Å². The molecule has 1 fully saturated rings. The Morgan fingerprint density at radius 3 is 2.40 bits per heavy atom. The molecule has 0 bridgehead atoms. The van der Waals surface area contributed by atoms with Gasteiger partial charge in [-0.15, -0.1) is 0 Å². The quantitative estimate of drug-likeness (QED) is 0.872. The van der Waals surface area contributed by atoms with Crippen LogP contribution in [0.2, 0.25) is 0 Å². The van der Waals surface area contributed by atoms with Gasteiger partial charge in [-0.2, -0.15) is 4.31 Å². The fourth-order valence-corrected chi connectivity index (χ4v) is 4.12. The smallest absolute Gasteiger partial charge is 0.243 e. The van der Waals surface area contributed by atoms with Crippen LogP contribution >= 0.6 is 0 Å². The minimum Gasteiger partial charge on any atom is -0.396 e. The van der Waals surface area contributed by atoms with Gasteiger partial charge in [0.1, 0.15) is 5.82 Å². The normalized spacial score (nSPS) is 18.6. The molecular formula is C14H21FN2O2S. The van der Waals surface area contributed by atoms with Crippen molar-refractivity contribution in [3.05, 3.63) is 24.0 Å². The van der Waals surface area contributed by atoms with Gasteiger partial charge in [0.15, 0.2) is 0 Å². The Balaban J connectivity index is 2.17. The average Bonchev–Trinajstić information content (AvgIpc) is 2.41. The van der Waals surface area contributed by atoms with Crippen LogP contribution in [0.4, 0.5) is 10.1 Å². The van der Waals surface area contributed by atoms with Gasteiger partial charge in [-0.1, -0.05) is 13.8 Å². The van der Waals surface area contributed by atoms with Crippen molar-refractivity contribution in [3.8, 4) is 0 Å². The molecule has 20 heavy (non-hydrogen) atoms.